The first-order chi connectivity index (χ1) is 9.36. The second-order valence-electron chi connectivity index (χ2n) is 7.35. The lowest BCUT2D eigenvalue weighted by Crippen LogP contribution is -2.42. The van der Waals surface area contributed by atoms with E-state index in [0.717, 1.165) is 12.8 Å². The molecule has 1 heterocycles. The number of hydrogen-bond donors (Lipinski definition) is 0. The summed E-state index contributed by atoms with van der Waals surface area (Å²) in [6, 6.07) is 0. The molecule has 0 amide bonds. The van der Waals surface area contributed by atoms with Crippen molar-refractivity contribution in [3.63, 3.8) is 0 Å². The topological polar surface area (TPSA) is 52.6 Å². The van der Waals surface area contributed by atoms with Crippen LogP contribution in [-0.4, -0.2) is 24.6 Å². The van der Waals surface area contributed by atoms with E-state index in [0.29, 0.717) is 24.4 Å². The Bertz CT molecular complexity index is 442. The summed E-state index contributed by atoms with van der Waals surface area (Å²) in [5.74, 6) is 1.10. The molecule has 2 bridgehead atoms. The molecule has 6 unspecified atom stereocenters. The number of fused-ring (bicyclic) bond motifs is 5. The third-order valence-corrected chi connectivity index (χ3v) is 6.00. The minimum absolute atomic E-state index is 0.0289. The second kappa shape index (κ2) is 4.47. The highest BCUT2D eigenvalue weighted by Gasteiger charge is 2.63. The Labute approximate surface area is 120 Å². The molecule has 0 aromatic rings. The van der Waals surface area contributed by atoms with E-state index < -0.39 is 5.41 Å². The van der Waals surface area contributed by atoms with E-state index in [1.165, 1.54) is 0 Å². The summed E-state index contributed by atoms with van der Waals surface area (Å²) in [5, 5.41) is 0. The molecule has 1 saturated heterocycles. The molecule has 4 heteroatoms. The van der Waals surface area contributed by atoms with E-state index in [2.05, 4.69) is 6.92 Å². The predicted octanol–water partition coefficient (Wildman–Crippen LogP) is 2.41. The van der Waals surface area contributed by atoms with Crippen LogP contribution in [0.15, 0.2) is 0 Å². The van der Waals surface area contributed by atoms with E-state index in [1.54, 1.807) is 0 Å². The number of hydrogen-bond acceptors (Lipinski definition) is 4. The molecule has 2 saturated carbocycles. The Morgan fingerprint density at radius 3 is 2.70 bits per heavy atom. The molecule has 0 aromatic carbocycles. The van der Waals surface area contributed by atoms with Gasteiger partial charge in [-0.1, -0.05) is 13.8 Å². The quantitative estimate of drug-likeness (QED) is 0.745. The predicted molar refractivity (Wildman–Crippen MR) is 72.7 cm³/mol. The summed E-state index contributed by atoms with van der Waals surface area (Å²) < 4.78 is 11.0. The molecule has 1 aliphatic heterocycles. The van der Waals surface area contributed by atoms with Gasteiger partial charge in [-0.05, 0) is 38.5 Å². The van der Waals surface area contributed by atoms with Gasteiger partial charge in [0.2, 0.25) is 0 Å². The lowest BCUT2D eigenvalue weighted by Gasteiger charge is -2.35. The standard InChI is InChI=1S/C16H24O4/c1-5-16(3,4)15(18)20-13-8(2)9-6-10(13)12-11(9)7-19-14(12)17/h8-13H,5-7H2,1-4H3. The van der Waals surface area contributed by atoms with Crippen LogP contribution in [0.5, 0.6) is 0 Å². The largest absolute Gasteiger partial charge is 0.465 e. The molecule has 0 aromatic heterocycles. The van der Waals surface area contributed by atoms with Gasteiger partial charge in [-0.25, -0.2) is 0 Å². The highest BCUT2D eigenvalue weighted by molar-refractivity contribution is 5.77. The van der Waals surface area contributed by atoms with Crippen molar-refractivity contribution < 1.29 is 19.1 Å². The van der Waals surface area contributed by atoms with Crippen LogP contribution in [0.2, 0.25) is 0 Å². The molecule has 0 radical (unpaired) electrons. The minimum Gasteiger partial charge on any atom is -0.465 e. The van der Waals surface area contributed by atoms with Crippen LogP contribution in [-0.2, 0) is 19.1 Å². The average Bonchev–Trinajstić information content (AvgIpc) is 3.04. The molecular formula is C16H24O4. The zero-order chi connectivity index (χ0) is 14.7. The average molecular weight is 280 g/mol. The SMILES string of the molecule is CCC(C)(C)C(=O)OC1C(C)C2CC1C1C(=O)OCC21. The van der Waals surface area contributed by atoms with Crippen molar-refractivity contribution in [2.24, 2.45) is 35.0 Å². The summed E-state index contributed by atoms with van der Waals surface area (Å²) in [6.45, 7) is 8.55. The summed E-state index contributed by atoms with van der Waals surface area (Å²) in [4.78, 5) is 24.2. The van der Waals surface area contributed by atoms with Crippen molar-refractivity contribution in [3.8, 4) is 0 Å². The van der Waals surface area contributed by atoms with Crippen molar-refractivity contribution >= 4 is 11.9 Å². The van der Waals surface area contributed by atoms with Crippen LogP contribution in [0.1, 0.15) is 40.5 Å². The first-order valence-electron chi connectivity index (χ1n) is 7.74. The smallest absolute Gasteiger partial charge is 0.311 e. The normalized spacial score (nSPS) is 42.5. The molecule has 20 heavy (non-hydrogen) atoms. The molecule has 0 N–H and O–H groups in total. The van der Waals surface area contributed by atoms with E-state index in [9.17, 15) is 9.59 Å². The van der Waals surface area contributed by atoms with Crippen molar-refractivity contribution in [1.82, 2.24) is 0 Å². The lowest BCUT2D eigenvalue weighted by molar-refractivity contribution is -0.168. The van der Waals surface area contributed by atoms with Gasteiger partial charge in [0.25, 0.3) is 0 Å². The Morgan fingerprint density at radius 1 is 1.35 bits per heavy atom. The molecule has 4 nitrogen and oxygen atoms in total. The number of esters is 2. The van der Waals surface area contributed by atoms with Gasteiger partial charge in [-0.3, -0.25) is 9.59 Å². The van der Waals surface area contributed by atoms with Crippen molar-refractivity contribution in [1.29, 1.82) is 0 Å². The first kappa shape index (κ1) is 13.9. The first-order valence-corrected chi connectivity index (χ1v) is 7.74. The molecule has 6 atom stereocenters. The number of ether oxygens (including phenoxy) is 2. The van der Waals surface area contributed by atoms with Gasteiger partial charge in [0, 0.05) is 11.8 Å². The summed E-state index contributed by atoms with van der Waals surface area (Å²) in [7, 11) is 0. The van der Waals surface area contributed by atoms with Crippen LogP contribution in [0.3, 0.4) is 0 Å². The third kappa shape index (κ3) is 1.80. The van der Waals surface area contributed by atoms with Gasteiger partial charge >= 0.3 is 11.9 Å². The Balaban J connectivity index is 1.76. The van der Waals surface area contributed by atoms with Gasteiger partial charge in [0.15, 0.2) is 0 Å². The molecule has 112 valence electrons. The van der Waals surface area contributed by atoms with Gasteiger partial charge in [-0.15, -0.1) is 0 Å². The number of carbonyl (C=O) groups excluding carboxylic acids is 2. The molecule has 3 fully saturated rings. The Morgan fingerprint density at radius 2 is 2.05 bits per heavy atom. The highest BCUT2D eigenvalue weighted by atomic mass is 16.6. The van der Waals surface area contributed by atoms with Gasteiger partial charge in [0.1, 0.15) is 6.10 Å². The molecule has 2 aliphatic carbocycles. The Hall–Kier alpha value is -1.06. The second-order valence-corrected chi connectivity index (χ2v) is 7.35. The molecular weight excluding hydrogens is 256 g/mol. The zero-order valence-corrected chi connectivity index (χ0v) is 12.7. The number of carbonyl (C=O) groups is 2. The van der Waals surface area contributed by atoms with E-state index >= 15 is 0 Å². The highest BCUT2D eigenvalue weighted by Crippen LogP contribution is 2.58. The van der Waals surface area contributed by atoms with Crippen molar-refractivity contribution in [3.05, 3.63) is 0 Å². The maximum Gasteiger partial charge on any atom is 0.311 e. The summed E-state index contributed by atoms with van der Waals surface area (Å²) in [5.41, 5.74) is -0.447. The lowest BCUT2D eigenvalue weighted by atomic mass is 9.74. The monoisotopic (exact) mass is 280 g/mol. The minimum atomic E-state index is -0.447. The molecule has 3 rings (SSSR count). The van der Waals surface area contributed by atoms with Gasteiger partial charge < -0.3 is 9.47 Å². The van der Waals surface area contributed by atoms with Gasteiger partial charge in [-0.2, -0.15) is 0 Å². The number of cyclic esters (lactones) is 1. The fourth-order valence-electron chi connectivity index (χ4n) is 4.27. The van der Waals surface area contributed by atoms with Crippen LogP contribution >= 0.6 is 0 Å². The molecule has 0 spiro atoms. The summed E-state index contributed by atoms with van der Waals surface area (Å²) in [6.07, 6.45) is 1.66. The number of rotatable bonds is 3. The maximum absolute atomic E-state index is 12.3. The Kier molecular flexibility index (Phi) is 3.11. The van der Waals surface area contributed by atoms with E-state index in [-0.39, 0.29) is 29.9 Å². The molecule has 3 aliphatic rings. The van der Waals surface area contributed by atoms with Gasteiger partial charge in [0.05, 0.1) is 17.9 Å². The van der Waals surface area contributed by atoms with Crippen molar-refractivity contribution in [2.45, 2.75) is 46.6 Å². The van der Waals surface area contributed by atoms with E-state index in [1.807, 2.05) is 20.8 Å². The van der Waals surface area contributed by atoms with Crippen LogP contribution in [0.25, 0.3) is 0 Å². The summed E-state index contributed by atoms with van der Waals surface area (Å²) >= 11 is 0. The maximum atomic E-state index is 12.3. The van der Waals surface area contributed by atoms with Crippen LogP contribution in [0.4, 0.5) is 0 Å². The fourth-order valence-corrected chi connectivity index (χ4v) is 4.27. The van der Waals surface area contributed by atoms with Crippen LogP contribution in [0, 0.1) is 35.0 Å². The zero-order valence-electron chi connectivity index (χ0n) is 12.7. The van der Waals surface area contributed by atoms with Crippen LogP contribution < -0.4 is 0 Å². The fraction of sp³-hybridized carbons (Fsp3) is 0.875. The third-order valence-electron chi connectivity index (χ3n) is 6.00. The van der Waals surface area contributed by atoms with Crippen molar-refractivity contribution in [2.75, 3.05) is 6.61 Å². The van der Waals surface area contributed by atoms with E-state index in [4.69, 9.17) is 9.47 Å².